The molecule has 5 heteroatoms. The number of hydrogen-bond acceptors (Lipinski definition) is 5. The molecule has 2 N–H and O–H groups in total. The summed E-state index contributed by atoms with van der Waals surface area (Å²) in [5, 5.41) is 13.5. The highest BCUT2D eigenvalue weighted by Crippen LogP contribution is 2.34. The normalized spacial score (nSPS) is 12.5. The van der Waals surface area contributed by atoms with Gasteiger partial charge in [-0.1, -0.05) is 32.9 Å². The highest BCUT2D eigenvalue weighted by molar-refractivity contribution is 5.44. The van der Waals surface area contributed by atoms with Crippen molar-refractivity contribution in [1.82, 2.24) is 5.32 Å². The van der Waals surface area contributed by atoms with E-state index in [0.29, 0.717) is 13.1 Å². The van der Waals surface area contributed by atoms with Crippen LogP contribution in [0.3, 0.4) is 0 Å². The molecule has 0 aliphatic carbocycles. The van der Waals surface area contributed by atoms with Crippen LogP contribution in [0.1, 0.15) is 31.9 Å². The third-order valence-electron chi connectivity index (χ3n) is 4.27. The first-order chi connectivity index (χ1) is 12.8. The molecular weight excluding hydrogens is 342 g/mol. The fourth-order valence-corrected chi connectivity index (χ4v) is 2.76. The van der Waals surface area contributed by atoms with Crippen molar-refractivity contribution in [3.05, 3.63) is 53.6 Å². The third-order valence-corrected chi connectivity index (χ3v) is 4.27. The first kappa shape index (κ1) is 21.1. The van der Waals surface area contributed by atoms with Gasteiger partial charge >= 0.3 is 0 Å². The minimum atomic E-state index is -0.606. The highest BCUT2D eigenvalue weighted by atomic mass is 16.5. The minimum Gasteiger partial charge on any atom is -0.497 e. The summed E-state index contributed by atoms with van der Waals surface area (Å²) in [5.74, 6) is 2.40. The molecule has 1 unspecified atom stereocenters. The zero-order valence-electron chi connectivity index (χ0n) is 16.9. The molecule has 5 nitrogen and oxygen atoms in total. The van der Waals surface area contributed by atoms with Gasteiger partial charge < -0.3 is 24.6 Å². The third kappa shape index (κ3) is 6.45. The van der Waals surface area contributed by atoms with Gasteiger partial charge in [-0.2, -0.15) is 0 Å². The predicted molar refractivity (Wildman–Crippen MR) is 108 cm³/mol. The van der Waals surface area contributed by atoms with Crippen LogP contribution in [0.5, 0.6) is 17.2 Å². The standard InChI is InChI=1S/C22H31NO4/c1-22(2,3)20-12-19(26-5)9-10-21(20)27-15-17(24)14-23-13-16-7-6-8-18(11-16)25-4/h6-12,17,23-24H,13-15H2,1-5H3. The van der Waals surface area contributed by atoms with Crippen molar-refractivity contribution < 1.29 is 19.3 Å². The maximum absolute atomic E-state index is 10.2. The maximum Gasteiger partial charge on any atom is 0.123 e. The number of rotatable bonds is 9. The zero-order valence-corrected chi connectivity index (χ0v) is 16.9. The van der Waals surface area contributed by atoms with Crippen LogP contribution in [-0.4, -0.2) is 38.6 Å². The van der Waals surface area contributed by atoms with E-state index in [1.54, 1.807) is 14.2 Å². The second kappa shape index (κ2) is 9.62. The van der Waals surface area contributed by atoms with Crippen LogP contribution in [0, 0.1) is 0 Å². The van der Waals surface area contributed by atoms with Crippen LogP contribution in [0.4, 0.5) is 0 Å². The van der Waals surface area contributed by atoms with Crippen molar-refractivity contribution in [2.45, 2.75) is 38.8 Å². The van der Waals surface area contributed by atoms with E-state index in [1.165, 1.54) is 0 Å². The summed E-state index contributed by atoms with van der Waals surface area (Å²) in [6, 6.07) is 13.6. The largest absolute Gasteiger partial charge is 0.497 e. The van der Waals surface area contributed by atoms with Crippen molar-refractivity contribution in [1.29, 1.82) is 0 Å². The van der Waals surface area contributed by atoms with Crippen LogP contribution < -0.4 is 19.5 Å². The number of ether oxygens (including phenoxy) is 3. The maximum atomic E-state index is 10.2. The summed E-state index contributed by atoms with van der Waals surface area (Å²) in [6.45, 7) is 7.70. The molecule has 2 aromatic rings. The van der Waals surface area contributed by atoms with E-state index in [0.717, 1.165) is 28.4 Å². The summed E-state index contributed by atoms with van der Waals surface area (Å²) in [6.07, 6.45) is -0.606. The fourth-order valence-electron chi connectivity index (χ4n) is 2.76. The Kier molecular flexibility index (Phi) is 7.51. The van der Waals surface area contributed by atoms with Gasteiger partial charge in [0.05, 0.1) is 14.2 Å². The second-order valence-electron chi connectivity index (χ2n) is 7.56. The molecule has 0 aliphatic rings. The SMILES string of the molecule is COc1cccc(CNCC(O)COc2ccc(OC)cc2C(C)(C)C)c1. The van der Waals surface area contributed by atoms with E-state index in [9.17, 15) is 5.11 Å². The van der Waals surface area contributed by atoms with Crippen LogP contribution in [0.25, 0.3) is 0 Å². The van der Waals surface area contributed by atoms with Gasteiger partial charge in [0, 0.05) is 18.7 Å². The predicted octanol–water partition coefficient (Wildman–Crippen LogP) is 3.53. The Morgan fingerprint density at radius 2 is 1.70 bits per heavy atom. The van der Waals surface area contributed by atoms with Gasteiger partial charge in [0.1, 0.15) is 30.0 Å². The molecule has 27 heavy (non-hydrogen) atoms. The summed E-state index contributed by atoms with van der Waals surface area (Å²) in [4.78, 5) is 0. The molecule has 0 aliphatic heterocycles. The van der Waals surface area contributed by atoms with Crippen LogP contribution >= 0.6 is 0 Å². The zero-order chi connectivity index (χ0) is 19.9. The number of methoxy groups -OCH3 is 2. The topological polar surface area (TPSA) is 60.0 Å². The highest BCUT2D eigenvalue weighted by Gasteiger charge is 2.20. The molecule has 148 valence electrons. The van der Waals surface area contributed by atoms with E-state index in [4.69, 9.17) is 14.2 Å². The van der Waals surface area contributed by atoms with E-state index in [-0.39, 0.29) is 12.0 Å². The molecule has 1 atom stereocenters. The second-order valence-corrected chi connectivity index (χ2v) is 7.56. The molecule has 0 aromatic heterocycles. The first-order valence-corrected chi connectivity index (χ1v) is 9.16. The fraction of sp³-hybridized carbons (Fsp3) is 0.455. The Morgan fingerprint density at radius 3 is 2.37 bits per heavy atom. The summed E-state index contributed by atoms with van der Waals surface area (Å²) in [5.41, 5.74) is 2.07. The van der Waals surface area contributed by atoms with E-state index >= 15 is 0 Å². The van der Waals surface area contributed by atoms with Crippen LogP contribution in [0.2, 0.25) is 0 Å². The number of hydrogen-bond donors (Lipinski definition) is 2. The first-order valence-electron chi connectivity index (χ1n) is 9.16. The molecule has 0 radical (unpaired) electrons. The summed E-state index contributed by atoms with van der Waals surface area (Å²) >= 11 is 0. The Bertz CT molecular complexity index is 724. The molecule has 2 rings (SSSR count). The van der Waals surface area contributed by atoms with Gasteiger partial charge in [-0.3, -0.25) is 0 Å². The average Bonchev–Trinajstić information content (AvgIpc) is 2.65. The van der Waals surface area contributed by atoms with Gasteiger partial charge in [0.25, 0.3) is 0 Å². The van der Waals surface area contributed by atoms with Gasteiger partial charge in [-0.05, 0) is 41.3 Å². The number of benzene rings is 2. The molecule has 0 saturated heterocycles. The lowest BCUT2D eigenvalue weighted by atomic mass is 9.86. The van der Waals surface area contributed by atoms with Crippen molar-refractivity contribution in [3.8, 4) is 17.2 Å². The smallest absolute Gasteiger partial charge is 0.123 e. The van der Waals surface area contributed by atoms with E-state index < -0.39 is 6.10 Å². The molecule has 0 bridgehead atoms. The molecule has 2 aromatic carbocycles. The number of nitrogens with one attached hydrogen (secondary N) is 1. The lowest BCUT2D eigenvalue weighted by Crippen LogP contribution is -2.31. The molecule has 0 amide bonds. The lowest BCUT2D eigenvalue weighted by Gasteiger charge is -2.24. The molecule has 0 saturated carbocycles. The Hall–Kier alpha value is -2.24. The van der Waals surface area contributed by atoms with Crippen molar-refractivity contribution in [3.63, 3.8) is 0 Å². The van der Waals surface area contributed by atoms with Crippen molar-refractivity contribution >= 4 is 0 Å². The van der Waals surface area contributed by atoms with Gasteiger partial charge in [0.2, 0.25) is 0 Å². The average molecular weight is 373 g/mol. The molecule has 0 spiro atoms. The summed E-state index contributed by atoms with van der Waals surface area (Å²) < 4.78 is 16.4. The van der Waals surface area contributed by atoms with Crippen molar-refractivity contribution in [2.75, 3.05) is 27.4 Å². The van der Waals surface area contributed by atoms with Gasteiger partial charge in [-0.15, -0.1) is 0 Å². The Labute approximate surface area is 162 Å². The monoisotopic (exact) mass is 373 g/mol. The van der Waals surface area contributed by atoms with Gasteiger partial charge in [-0.25, -0.2) is 0 Å². The van der Waals surface area contributed by atoms with Crippen molar-refractivity contribution in [2.24, 2.45) is 0 Å². The van der Waals surface area contributed by atoms with Crippen LogP contribution in [-0.2, 0) is 12.0 Å². The quantitative estimate of drug-likeness (QED) is 0.704. The molecule has 0 heterocycles. The lowest BCUT2D eigenvalue weighted by molar-refractivity contribution is 0.105. The Balaban J connectivity index is 1.87. The number of aliphatic hydroxyl groups excluding tert-OH is 1. The summed E-state index contributed by atoms with van der Waals surface area (Å²) in [7, 11) is 3.30. The van der Waals surface area contributed by atoms with Gasteiger partial charge in [0.15, 0.2) is 0 Å². The molecule has 0 fully saturated rings. The van der Waals surface area contributed by atoms with E-state index in [1.807, 2.05) is 42.5 Å². The van der Waals surface area contributed by atoms with Crippen LogP contribution in [0.15, 0.2) is 42.5 Å². The number of aliphatic hydroxyl groups is 1. The Morgan fingerprint density at radius 1 is 1.00 bits per heavy atom. The minimum absolute atomic E-state index is 0.0839. The van der Waals surface area contributed by atoms with E-state index in [2.05, 4.69) is 26.1 Å². The molecular formula is C22H31NO4.